The summed E-state index contributed by atoms with van der Waals surface area (Å²) in [5, 5.41) is 0. The van der Waals surface area contributed by atoms with Crippen molar-refractivity contribution in [1.29, 1.82) is 0 Å². The monoisotopic (exact) mass is 276 g/mol. The molecule has 0 radical (unpaired) electrons. The fourth-order valence-electron chi connectivity index (χ4n) is 2.37. The molecule has 6 heteroatoms. The molecule has 0 amide bonds. The van der Waals surface area contributed by atoms with Crippen LogP contribution in [0.4, 0.5) is 0 Å². The summed E-state index contributed by atoms with van der Waals surface area (Å²) in [5.74, 6) is -0.147. The van der Waals surface area contributed by atoms with Gasteiger partial charge in [-0.2, -0.15) is 0 Å². The van der Waals surface area contributed by atoms with E-state index >= 15 is 0 Å². The number of hydrogen-bond acceptors (Lipinski definition) is 5. The highest BCUT2D eigenvalue weighted by Gasteiger charge is 2.53. The van der Waals surface area contributed by atoms with Crippen LogP contribution in [0.25, 0.3) is 0 Å². The zero-order chi connectivity index (χ0) is 13.6. The summed E-state index contributed by atoms with van der Waals surface area (Å²) in [7, 11) is -2.76. The summed E-state index contributed by atoms with van der Waals surface area (Å²) in [4.78, 5) is 11.3. The summed E-state index contributed by atoms with van der Waals surface area (Å²) >= 11 is 0. The highest BCUT2D eigenvalue weighted by atomic mass is 28.4. The number of esters is 1. The van der Waals surface area contributed by atoms with Gasteiger partial charge in [0.25, 0.3) is 0 Å². The van der Waals surface area contributed by atoms with E-state index < -0.39 is 8.80 Å². The lowest BCUT2D eigenvalue weighted by atomic mass is 10.1. The molecule has 0 aliphatic carbocycles. The summed E-state index contributed by atoms with van der Waals surface area (Å²) in [5.41, 5.74) is 0.0371. The third kappa shape index (κ3) is 3.54. The van der Waals surface area contributed by atoms with Crippen molar-refractivity contribution >= 4 is 14.8 Å². The zero-order valence-electron chi connectivity index (χ0n) is 11.7. The van der Waals surface area contributed by atoms with Gasteiger partial charge in [-0.3, -0.25) is 4.79 Å². The van der Waals surface area contributed by atoms with Gasteiger partial charge < -0.3 is 18.0 Å². The number of cyclic esters (lactones) is 1. The van der Waals surface area contributed by atoms with Crippen LogP contribution in [0, 0.1) is 0 Å². The number of rotatable bonds is 7. The molecule has 1 saturated heterocycles. The Morgan fingerprint density at radius 1 is 1.17 bits per heavy atom. The van der Waals surface area contributed by atoms with Gasteiger partial charge in [0.05, 0.1) is 5.54 Å². The Morgan fingerprint density at radius 3 is 2.06 bits per heavy atom. The molecule has 1 aliphatic rings. The molecular weight excluding hydrogens is 252 g/mol. The van der Waals surface area contributed by atoms with Crippen LogP contribution in [0.3, 0.4) is 0 Å². The van der Waals surface area contributed by atoms with Crippen molar-refractivity contribution in [1.82, 2.24) is 0 Å². The fourth-order valence-corrected chi connectivity index (χ4v) is 5.61. The number of ether oxygens (including phenoxy) is 1. The number of carbonyl (C=O) groups excluding carboxylic acids is 1. The van der Waals surface area contributed by atoms with Gasteiger partial charge in [-0.25, -0.2) is 0 Å². The maximum absolute atomic E-state index is 11.3. The molecule has 1 aliphatic heterocycles. The lowest BCUT2D eigenvalue weighted by Gasteiger charge is -2.39. The third-order valence-electron chi connectivity index (χ3n) is 3.03. The third-order valence-corrected chi connectivity index (χ3v) is 6.77. The van der Waals surface area contributed by atoms with Crippen LogP contribution in [0.15, 0.2) is 0 Å². The predicted octanol–water partition coefficient (Wildman–Crippen LogP) is 2.13. The highest BCUT2D eigenvalue weighted by Crippen LogP contribution is 2.37. The van der Waals surface area contributed by atoms with Gasteiger partial charge in [0.1, 0.15) is 6.10 Å². The predicted molar refractivity (Wildman–Crippen MR) is 69.2 cm³/mol. The average molecular weight is 276 g/mol. The maximum atomic E-state index is 11.3. The minimum absolute atomic E-state index is 0.0371. The van der Waals surface area contributed by atoms with Crippen molar-refractivity contribution in [3.63, 3.8) is 0 Å². The molecule has 2 atom stereocenters. The number of hydrogen-bond donors (Lipinski definition) is 0. The molecule has 0 aromatic heterocycles. The molecule has 106 valence electrons. The molecule has 0 bridgehead atoms. The van der Waals surface area contributed by atoms with E-state index in [2.05, 4.69) is 0 Å². The Morgan fingerprint density at radius 2 is 1.67 bits per heavy atom. The van der Waals surface area contributed by atoms with Crippen molar-refractivity contribution in [2.45, 2.75) is 52.2 Å². The van der Waals surface area contributed by atoms with E-state index in [9.17, 15) is 4.79 Å². The van der Waals surface area contributed by atoms with Crippen LogP contribution in [0.5, 0.6) is 0 Å². The molecule has 0 aromatic carbocycles. The standard InChI is InChI=1S/C12H24O5Si/c1-5-14-18(15-6-2,16-7-3)11-8-9-12(13)17-10(11)4/h10-11H,5-9H2,1-4H3. The van der Waals surface area contributed by atoms with Gasteiger partial charge in [-0.1, -0.05) is 0 Å². The molecule has 0 N–H and O–H groups in total. The number of carbonyl (C=O) groups is 1. The molecule has 1 fully saturated rings. The molecule has 1 rings (SSSR count). The van der Waals surface area contributed by atoms with Crippen LogP contribution < -0.4 is 0 Å². The Labute approximate surface area is 110 Å². The van der Waals surface area contributed by atoms with Crippen LogP contribution >= 0.6 is 0 Å². The van der Waals surface area contributed by atoms with E-state index in [1.165, 1.54) is 0 Å². The van der Waals surface area contributed by atoms with Crippen molar-refractivity contribution < 1.29 is 22.8 Å². The second-order valence-electron chi connectivity index (χ2n) is 4.24. The topological polar surface area (TPSA) is 54.0 Å². The molecule has 0 saturated carbocycles. The van der Waals surface area contributed by atoms with Gasteiger partial charge in [0.2, 0.25) is 0 Å². The first-order chi connectivity index (χ1) is 8.59. The van der Waals surface area contributed by atoms with Gasteiger partial charge >= 0.3 is 14.8 Å². The van der Waals surface area contributed by atoms with Gasteiger partial charge in [-0.15, -0.1) is 0 Å². The lowest BCUT2D eigenvalue weighted by Crippen LogP contribution is -2.55. The highest BCUT2D eigenvalue weighted by molar-refractivity contribution is 6.62. The van der Waals surface area contributed by atoms with Crippen LogP contribution in [-0.2, 0) is 22.8 Å². The summed E-state index contributed by atoms with van der Waals surface area (Å²) in [6.45, 7) is 9.31. The molecule has 0 spiro atoms. The fraction of sp³-hybridized carbons (Fsp3) is 0.917. The first-order valence-corrected chi connectivity index (χ1v) is 8.51. The van der Waals surface area contributed by atoms with Crippen LogP contribution in [0.2, 0.25) is 5.54 Å². The first-order valence-electron chi connectivity index (χ1n) is 6.70. The van der Waals surface area contributed by atoms with E-state index in [1.807, 2.05) is 27.7 Å². The summed E-state index contributed by atoms with van der Waals surface area (Å²) in [6.07, 6.45) is 0.922. The van der Waals surface area contributed by atoms with Crippen molar-refractivity contribution in [2.24, 2.45) is 0 Å². The largest absolute Gasteiger partial charge is 0.508 e. The summed E-state index contributed by atoms with van der Waals surface area (Å²) in [6, 6.07) is 0. The van der Waals surface area contributed by atoms with E-state index in [0.717, 1.165) is 0 Å². The summed E-state index contributed by atoms with van der Waals surface area (Å²) < 4.78 is 22.9. The molecular formula is C12H24O5Si. The van der Waals surface area contributed by atoms with E-state index in [1.54, 1.807) is 0 Å². The van der Waals surface area contributed by atoms with Crippen LogP contribution in [0.1, 0.15) is 40.5 Å². The van der Waals surface area contributed by atoms with E-state index in [-0.39, 0.29) is 17.6 Å². The van der Waals surface area contributed by atoms with Gasteiger partial charge in [0, 0.05) is 26.2 Å². The van der Waals surface area contributed by atoms with Gasteiger partial charge in [0.15, 0.2) is 0 Å². The molecule has 5 nitrogen and oxygen atoms in total. The second kappa shape index (κ2) is 7.23. The van der Waals surface area contributed by atoms with Crippen molar-refractivity contribution in [2.75, 3.05) is 19.8 Å². The van der Waals surface area contributed by atoms with Crippen molar-refractivity contribution in [3.8, 4) is 0 Å². The quantitative estimate of drug-likeness (QED) is 0.526. The molecule has 2 unspecified atom stereocenters. The Kier molecular flexibility index (Phi) is 6.27. The van der Waals surface area contributed by atoms with Gasteiger partial charge in [-0.05, 0) is 34.1 Å². The van der Waals surface area contributed by atoms with E-state index in [4.69, 9.17) is 18.0 Å². The Hall–Kier alpha value is -0.433. The second-order valence-corrected chi connectivity index (χ2v) is 7.06. The van der Waals surface area contributed by atoms with Crippen molar-refractivity contribution in [3.05, 3.63) is 0 Å². The first kappa shape index (κ1) is 15.6. The molecule has 0 aromatic rings. The zero-order valence-corrected chi connectivity index (χ0v) is 12.7. The Bertz CT molecular complexity index is 254. The molecule has 18 heavy (non-hydrogen) atoms. The normalized spacial score (nSPS) is 25.0. The lowest BCUT2D eigenvalue weighted by molar-refractivity contribution is -0.153. The van der Waals surface area contributed by atoms with E-state index in [0.29, 0.717) is 32.7 Å². The molecule has 1 heterocycles. The average Bonchev–Trinajstić information content (AvgIpc) is 2.29. The minimum atomic E-state index is -2.76. The SMILES string of the molecule is CCO[Si](OCC)(OCC)C1CCC(=O)OC1C. The Balaban J connectivity index is 2.88. The van der Waals surface area contributed by atoms with Crippen LogP contribution in [-0.4, -0.2) is 40.7 Å². The minimum Gasteiger partial charge on any atom is -0.462 e. The smallest absolute Gasteiger partial charge is 0.462 e. The maximum Gasteiger partial charge on any atom is 0.508 e.